The van der Waals surface area contributed by atoms with Crippen molar-refractivity contribution in [3.05, 3.63) is 17.6 Å². The maximum Gasteiger partial charge on any atom is 0.270 e. The molecular weight excluding hydrogens is 249 g/mol. The molecule has 0 aliphatic carbocycles. The van der Waals surface area contributed by atoms with Crippen molar-refractivity contribution in [2.24, 2.45) is 5.14 Å². The van der Waals surface area contributed by atoms with Gasteiger partial charge < -0.3 is 4.74 Å². The molecule has 0 aliphatic heterocycles. The Kier molecular flexibility index (Phi) is 3.38. The first-order chi connectivity index (χ1) is 7.29. The molecule has 9 heteroatoms. The van der Waals surface area contributed by atoms with E-state index in [1.807, 2.05) is 0 Å². The van der Waals surface area contributed by atoms with E-state index in [4.69, 9.17) is 5.14 Å². The lowest BCUT2D eigenvalue weighted by atomic mass is 10.2. The van der Waals surface area contributed by atoms with E-state index in [0.29, 0.717) is 6.20 Å². The number of nitrogens with zero attached hydrogens (tertiary/aromatic N) is 1. The van der Waals surface area contributed by atoms with Crippen LogP contribution in [0.15, 0.2) is 11.2 Å². The zero-order valence-corrected chi connectivity index (χ0v) is 8.76. The molecule has 0 atom stereocenters. The molecule has 0 amide bonds. The van der Waals surface area contributed by atoms with Gasteiger partial charge in [0.25, 0.3) is 16.4 Å². The number of hydrogen-bond acceptors (Lipinski definition) is 4. The summed E-state index contributed by atoms with van der Waals surface area (Å²) in [4.78, 5) is 3.12. The number of alkyl halides is 2. The lowest BCUT2D eigenvalue weighted by Crippen LogP contribution is -2.17. The first kappa shape index (κ1) is 12.7. The number of nitrogens with two attached hydrogens (primary N) is 1. The van der Waals surface area contributed by atoms with Crippen molar-refractivity contribution in [1.29, 1.82) is 0 Å². The van der Waals surface area contributed by atoms with Crippen LogP contribution in [0.3, 0.4) is 0 Å². The lowest BCUT2D eigenvalue weighted by Gasteiger charge is -2.11. The van der Waals surface area contributed by atoms with E-state index >= 15 is 0 Å². The Balaban J connectivity index is 3.62. The van der Waals surface area contributed by atoms with Crippen LogP contribution in [0.2, 0.25) is 0 Å². The number of ether oxygens (including phenoxy) is 1. The molecule has 1 rings (SSSR count). The monoisotopic (exact) mass is 256 g/mol. The van der Waals surface area contributed by atoms with Gasteiger partial charge in [-0.05, 0) is 0 Å². The summed E-state index contributed by atoms with van der Waals surface area (Å²) in [5.74, 6) is -2.24. The summed E-state index contributed by atoms with van der Waals surface area (Å²) in [6, 6.07) is 0. The first-order valence-electron chi connectivity index (χ1n) is 3.82. The number of aromatic nitrogens is 1. The third-order valence-corrected chi connectivity index (χ3v) is 2.51. The molecule has 0 aromatic carbocycles. The van der Waals surface area contributed by atoms with Gasteiger partial charge in [0.15, 0.2) is 11.6 Å². The number of rotatable bonds is 3. The Hall–Kier alpha value is -1.35. The maximum atomic E-state index is 13.0. The molecular formula is C7H7F3N2O3S. The SMILES string of the molecule is COc1c(S(N)(=O)=O)ncc(F)c1C(F)F. The van der Waals surface area contributed by atoms with Crippen LogP contribution in [-0.4, -0.2) is 20.5 Å². The molecule has 0 saturated heterocycles. The van der Waals surface area contributed by atoms with Crippen LogP contribution in [0, 0.1) is 5.82 Å². The largest absolute Gasteiger partial charge is 0.493 e. The van der Waals surface area contributed by atoms with Gasteiger partial charge in [-0.1, -0.05) is 0 Å². The van der Waals surface area contributed by atoms with E-state index in [2.05, 4.69) is 9.72 Å². The second kappa shape index (κ2) is 4.26. The molecule has 16 heavy (non-hydrogen) atoms. The van der Waals surface area contributed by atoms with Gasteiger partial charge >= 0.3 is 0 Å². The number of pyridine rings is 1. The highest BCUT2D eigenvalue weighted by Gasteiger charge is 2.27. The molecule has 2 N–H and O–H groups in total. The van der Waals surface area contributed by atoms with Gasteiger partial charge in [-0.3, -0.25) is 0 Å². The van der Waals surface area contributed by atoms with Crippen molar-refractivity contribution in [1.82, 2.24) is 4.98 Å². The van der Waals surface area contributed by atoms with E-state index in [-0.39, 0.29) is 0 Å². The van der Waals surface area contributed by atoms with Crippen molar-refractivity contribution in [2.75, 3.05) is 7.11 Å². The molecule has 0 fully saturated rings. The summed E-state index contributed by atoms with van der Waals surface area (Å²) in [5.41, 5.74) is -1.18. The van der Waals surface area contributed by atoms with Crippen molar-refractivity contribution >= 4 is 10.0 Å². The van der Waals surface area contributed by atoms with Crippen molar-refractivity contribution < 1.29 is 26.3 Å². The highest BCUT2D eigenvalue weighted by Crippen LogP contribution is 2.34. The predicted octanol–water partition coefficient (Wildman–Crippen LogP) is 0.814. The summed E-state index contributed by atoms with van der Waals surface area (Å²) in [5, 5.41) is 3.79. The summed E-state index contributed by atoms with van der Waals surface area (Å²) >= 11 is 0. The molecule has 90 valence electrons. The second-order valence-electron chi connectivity index (χ2n) is 2.70. The van der Waals surface area contributed by atoms with Crippen LogP contribution in [-0.2, 0) is 10.0 Å². The van der Waals surface area contributed by atoms with Crippen LogP contribution in [0.1, 0.15) is 12.0 Å². The Morgan fingerprint density at radius 3 is 2.44 bits per heavy atom. The van der Waals surface area contributed by atoms with Crippen LogP contribution < -0.4 is 9.88 Å². The fourth-order valence-electron chi connectivity index (χ4n) is 1.07. The molecule has 0 bridgehead atoms. The zero-order chi connectivity index (χ0) is 12.5. The van der Waals surface area contributed by atoms with Crippen molar-refractivity contribution in [3.8, 4) is 5.75 Å². The van der Waals surface area contributed by atoms with Crippen LogP contribution >= 0.6 is 0 Å². The second-order valence-corrected chi connectivity index (χ2v) is 4.18. The fourth-order valence-corrected chi connectivity index (χ4v) is 1.72. The minimum absolute atomic E-state index is 0.351. The van der Waals surface area contributed by atoms with Gasteiger partial charge in [-0.2, -0.15) is 0 Å². The highest BCUT2D eigenvalue weighted by molar-refractivity contribution is 7.89. The van der Waals surface area contributed by atoms with E-state index in [9.17, 15) is 21.6 Å². The normalized spacial score (nSPS) is 11.9. The third-order valence-electron chi connectivity index (χ3n) is 1.68. The summed E-state index contributed by atoms with van der Waals surface area (Å²) in [7, 11) is -3.44. The van der Waals surface area contributed by atoms with Gasteiger partial charge in [-0.15, -0.1) is 0 Å². The van der Waals surface area contributed by atoms with Crippen LogP contribution in [0.4, 0.5) is 13.2 Å². The quantitative estimate of drug-likeness (QED) is 0.867. The van der Waals surface area contributed by atoms with Gasteiger partial charge in [0, 0.05) is 0 Å². The average Bonchev–Trinajstić information content (AvgIpc) is 2.14. The van der Waals surface area contributed by atoms with Crippen molar-refractivity contribution in [3.63, 3.8) is 0 Å². The highest BCUT2D eigenvalue weighted by atomic mass is 32.2. The summed E-state index contributed by atoms with van der Waals surface area (Å²) < 4.78 is 64.3. The van der Waals surface area contributed by atoms with Gasteiger partial charge in [0.05, 0.1) is 13.3 Å². The van der Waals surface area contributed by atoms with Crippen LogP contribution in [0.25, 0.3) is 0 Å². The molecule has 1 heterocycles. The van der Waals surface area contributed by atoms with E-state index in [1.165, 1.54) is 0 Å². The lowest BCUT2D eigenvalue weighted by molar-refractivity contribution is 0.140. The van der Waals surface area contributed by atoms with Crippen molar-refractivity contribution in [2.45, 2.75) is 11.5 Å². The molecule has 0 saturated carbocycles. The smallest absolute Gasteiger partial charge is 0.270 e. The average molecular weight is 256 g/mol. The Bertz CT molecular complexity index is 504. The molecule has 0 aliphatic rings. The fraction of sp³-hybridized carbons (Fsp3) is 0.286. The number of hydrogen-bond donors (Lipinski definition) is 1. The van der Waals surface area contributed by atoms with E-state index in [0.717, 1.165) is 7.11 Å². The molecule has 0 radical (unpaired) electrons. The van der Waals surface area contributed by atoms with Crippen LogP contribution in [0.5, 0.6) is 5.75 Å². The molecule has 5 nitrogen and oxygen atoms in total. The number of halogens is 3. The first-order valence-corrected chi connectivity index (χ1v) is 5.37. The standard InChI is InChI=1S/C7H7F3N2O3S/c1-15-5-4(6(9)10)3(8)2-12-7(5)16(11,13)14/h2,6H,1H3,(H2,11,13,14). The third kappa shape index (κ3) is 2.25. The number of methoxy groups -OCH3 is 1. The summed E-state index contributed by atoms with van der Waals surface area (Å²) in [6.07, 6.45) is -2.89. The Morgan fingerprint density at radius 1 is 1.50 bits per heavy atom. The minimum Gasteiger partial charge on any atom is -0.493 e. The van der Waals surface area contributed by atoms with Gasteiger partial charge in [0.2, 0.25) is 5.03 Å². The maximum absolute atomic E-state index is 13.0. The number of primary sulfonamides is 1. The topological polar surface area (TPSA) is 82.3 Å². The number of sulfonamides is 1. The molecule has 1 aromatic heterocycles. The van der Waals surface area contributed by atoms with E-state index < -0.39 is 38.6 Å². The van der Waals surface area contributed by atoms with E-state index in [1.54, 1.807) is 0 Å². The van der Waals surface area contributed by atoms with Gasteiger partial charge in [0.1, 0.15) is 5.56 Å². The minimum atomic E-state index is -4.35. The Labute approximate surface area is 89.1 Å². The molecule has 0 unspecified atom stereocenters. The zero-order valence-electron chi connectivity index (χ0n) is 7.95. The molecule has 0 spiro atoms. The Morgan fingerprint density at radius 2 is 2.06 bits per heavy atom. The molecule has 1 aromatic rings. The van der Waals surface area contributed by atoms with Gasteiger partial charge in [-0.25, -0.2) is 31.7 Å². The summed E-state index contributed by atoms with van der Waals surface area (Å²) in [6.45, 7) is 0. The predicted molar refractivity (Wildman–Crippen MR) is 47.1 cm³/mol.